The van der Waals surface area contributed by atoms with Crippen molar-refractivity contribution in [2.24, 2.45) is 5.73 Å². The van der Waals surface area contributed by atoms with Crippen LogP contribution in [0.1, 0.15) is 19.3 Å². The van der Waals surface area contributed by atoms with Crippen molar-refractivity contribution in [2.45, 2.75) is 31.3 Å². The summed E-state index contributed by atoms with van der Waals surface area (Å²) in [7, 11) is 0. The molecule has 4 nitrogen and oxygen atoms in total. The zero-order valence-corrected chi connectivity index (χ0v) is 10.5. The Labute approximate surface area is 101 Å². The van der Waals surface area contributed by atoms with Crippen LogP contribution in [0.4, 0.5) is 0 Å². The zero-order chi connectivity index (χ0) is 11.4. The standard InChI is InChI=1S/C11H21N3OS/c12-9-1-4-14(5-2-9)7-11(15)13-10-3-6-16-8-10/h9-10H,1-8,12H2,(H,13,15). The van der Waals surface area contributed by atoms with Crippen LogP contribution in [-0.4, -0.2) is 54.0 Å². The fraction of sp³-hybridized carbons (Fsp3) is 0.909. The van der Waals surface area contributed by atoms with Crippen LogP contribution >= 0.6 is 11.8 Å². The molecule has 1 amide bonds. The highest BCUT2D eigenvalue weighted by Crippen LogP contribution is 2.17. The molecule has 2 aliphatic heterocycles. The predicted molar refractivity (Wildman–Crippen MR) is 67.5 cm³/mol. The summed E-state index contributed by atoms with van der Waals surface area (Å²) in [5, 5.41) is 3.10. The van der Waals surface area contributed by atoms with Crippen LogP contribution in [-0.2, 0) is 4.79 Å². The molecule has 0 aromatic carbocycles. The number of nitrogens with two attached hydrogens (primary N) is 1. The minimum absolute atomic E-state index is 0.183. The van der Waals surface area contributed by atoms with Gasteiger partial charge in [0.1, 0.15) is 0 Å². The van der Waals surface area contributed by atoms with Gasteiger partial charge >= 0.3 is 0 Å². The fourth-order valence-corrected chi connectivity index (χ4v) is 3.39. The zero-order valence-electron chi connectivity index (χ0n) is 9.65. The van der Waals surface area contributed by atoms with E-state index in [0.717, 1.165) is 38.1 Å². The monoisotopic (exact) mass is 243 g/mol. The van der Waals surface area contributed by atoms with Gasteiger partial charge < -0.3 is 11.1 Å². The molecule has 0 spiro atoms. The van der Waals surface area contributed by atoms with Crippen LogP contribution in [0, 0.1) is 0 Å². The largest absolute Gasteiger partial charge is 0.351 e. The second-order valence-electron chi connectivity index (χ2n) is 4.74. The lowest BCUT2D eigenvalue weighted by atomic mass is 10.1. The van der Waals surface area contributed by atoms with Gasteiger partial charge in [-0.25, -0.2) is 0 Å². The quantitative estimate of drug-likeness (QED) is 0.734. The third-order valence-electron chi connectivity index (χ3n) is 3.29. The molecule has 0 aromatic rings. The summed E-state index contributed by atoms with van der Waals surface area (Å²) in [6, 6.07) is 0.745. The molecule has 2 aliphatic rings. The van der Waals surface area contributed by atoms with E-state index >= 15 is 0 Å². The first-order valence-electron chi connectivity index (χ1n) is 6.09. The number of rotatable bonds is 3. The van der Waals surface area contributed by atoms with Gasteiger partial charge in [-0.3, -0.25) is 9.69 Å². The number of amides is 1. The number of hydrogen-bond donors (Lipinski definition) is 2. The Morgan fingerprint density at radius 2 is 2.12 bits per heavy atom. The van der Waals surface area contributed by atoms with Gasteiger partial charge in [0.25, 0.3) is 0 Å². The van der Waals surface area contributed by atoms with Crippen molar-refractivity contribution in [3.05, 3.63) is 0 Å². The molecule has 0 aromatic heterocycles. The summed E-state index contributed by atoms with van der Waals surface area (Å²) in [6.07, 6.45) is 3.17. The lowest BCUT2D eigenvalue weighted by Gasteiger charge is -2.29. The van der Waals surface area contributed by atoms with E-state index in [0.29, 0.717) is 18.6 Å². The van der Waals surface area contributed by atoms with Crippen LogP contribution in [0.5, 0.6) is 0 Å². The number of nitrogens with one attached hydrogen (secondary N) is 1. The Morgan fingerprint density at radius 3 is 2.75 bits per heavy atom. The third kappa shape index (κ3) is 3.64. The molecule has 16 heavy (non-hydrogen) atoms. The van der Waals surface area contributed by atoms with Crippen molar-refractivity contribution in [1.82, 2.24) is 10.2 Å². The van der Waals surface area contributed by atoms with Crippen LogP contribution in [0.25, 0.3) is 0 Å². The second kappa shape index (κ2) is 5.89. The van der Waals surface area contributed by atoms with Gasteiger partial charge in [-0.15, -0.1) is 0 Å². The first kappa shape index (κ1) is 12.2. The Hall–Kier alpha value is -0.260. The Morgan fingerprint density at radius 1 is 1.38 bits per heavy atom. The van der Waals surface area contributed by atoms with Gasteiger partial charge in [-0.2, -0.15) is 11.8 Å². The first-order chi connectivity index (χ1) is 7.74. The molecule has 5 heteroatoms. The Bertz CT molecular complexity index is 235. The van der Waals surface area contributed by atoms with E-state index < -0.39 is 0 Å². The van der Waals surface area contributed by atoms with Gasteiger partial charge in [-0.1, -0.05) is 0 Å². The molecular weight excluding hydrogens is 222 g/mol. The minimum Gasteiger partial charge on any atom is -0.351 e. The van der Waals surface area contributed by atoms with E-state index in [9.17, 15) is 4.79 Å². The molecule has 92 valence electrons. The van der Waals surface area contributed by atoms with Crippen molar-refractivity contribution < 1.29 is 4.79 Å². The molecule has 0 saturated carbocycles. The maximum atomic E-state index is 11.8. The minimum atomic E-state index is 0.183. The average molecular weight is 243 g/mol. The van der Waals surface area contributed by atoms with Crippen LogP contribution in [0.2, 0.25) is 0 Å². The SMILES string of the molecule is NC1CCN(CC(=O)NC2CCSC2)CC1. The Balaban J connectivity index is 1.66. The van der Waals surface area contributed by atoms with Gasteiger partial charge in [-0.05, 0) is 25.0 Å². The maximum Gasteiger partial charge on any atom is 0.234 e. The number of nitrogens with zero attached hydrogens (tertiary/aromatic N) is 1. The second-order valence-corrected chi connectivity index (χ2v) is 5.89. The van der Waals surface area contributed by atoms with E-state index in [-0.39, 0.29) is 5.91 Å². The number of hydrogen-bond acceptors (Lipinski definition) is 4. The molecule has 1 atom stereocenters. The molecule has 2 heterocycles. The molecule has 0 bridgehead atoms. The summed E-state index contributed by atoms with van der Waals surface area (Å²) in [6.45, 7) is 2.48. The van der Waals surface area contributed by atoms with Crippen molar-refractivity contribution in [3.8, 4) is 0 Å². The van der Waals surface area contributed by atoms with Gasteiger partial charge in [0.2, 0.25) is 5.91 Å². The maximum absolute atomic E-state index is 11.8. The lowest BCUT2D eigenvalue weighted by molar-refractivity contribution is -0.123. The average Bonchev–Trinajstić information content (AvgIpc) is 2.74. The topological polar surface area (TPSA) is 58.4 Å². The molecule has 2 fully saturated rings. The van der Waals surface area contributed by atoms with Crippen molar-refractivity contribution in [2.75, 3.05) is 31.1 Å². The molecule has 2 saturated heterocycles. The highest BCUT2D eigenvalue weighted by Gasteiger charge is 2.21. The molecule has 0 radical (unpaired) electrons. The van der Waals surface area contributed by atoms with Gasteiger partial charge in [0, 0.05) is 30.9 Å². The number of likely N-dealkylation sites (tertiary alicyclic amines) is 1. The van der Waals surface area contributed by atoms with E-state index in [1.807, 2.05) is 11.8 Å². The molecule has 3 N–H and O–H groups in total. The molecular formula is C11H21N3OS. The van der Waals surface area contributed by atoms with Gasteiger partial charge in [0.15, 0.2) is 0 Å². The van der Waals surface area contributed by atoms with Crippen LogP contribution < -0.4 is 11.1 Å². The number of thioether (sulfide) groups is 1. The summed E-state index contributed by atoms with van der Waals surface area (Å²) >= 11 is 1.93. The normalized spacial score (nSPS) is 28.2. The van der Waals surface area contributed by atoms with E-state index in [4.69, 9.17) is 5.73 Å². The van der Waals surface area contributed by atoms with Crippen molar-refractivity contribution in [3.63, 3.8) is 0 Å². The summed E-state index contributed by atoms with van der Waals surface area (Å²) in [5.41, 5.74) is 5.83. The highest BCUT2D eigenvalue weighted by molar-refractivity contribution is 7.99. The third-order valence-corrected chi connectivity index (χ3v) is 4.46. The summed E-state index contributed by atoms with van der Waals surface area (Å²) < 4.78 is 0. The molecule has 0 aliphatic carbocycles. The molecule has 1 unspecified atom stereocenters. The van der Waals surface area contributed by atoms with E-state index in [1.54, 1.807) is 0 Å². The molecule has 2 rings (SSSR count). The summed E-state index contributed by atoms with van der Waals surface area (Å²) in [5.74, 6) is 2.45. The number of carbonyl (C=O) groups excluding carboxylic acids is 1. The van der Waals surface area contributed by atoms with Crippen LogP contribution in [0.15, 0.2) is 0 Å². The van der Waals surface area contributed by atoms with Crippen LogP contribution in [0.3, 0.4) is 0 Å². The highest BCUT2D eigenvalue weighted by atomic mass is 32.2. The predicted octanol–water partition coefficient (Wildman–Crippen LogP) is 0.0312. The number of carbonyl (C=O) groups is 1. The first-order valence-corrected chi connectivity index (χ1v) is 7.24. The summed E-state index contributed by atoms with van der Waals surface area (Å²) in [4.78, 5) is 14.0. The van der Waals surface area contributed by atoms with E-state index in [1.165, 1.54) is 5.75 Å². The van der Waals surface area contributed by atoms with Gasteiger partial charge in [0.05, 0.1) is 6.54 Å². The Kier molecular flexibility index (Phi) is 4.49. The fourth-order valence-electron chi connectivity index (χ4n) is 2.24. The smallest absolute Gasteiger partial charge is 0.234 e. The number of piperidine rings is 1. The van der Waals surface area contributed by atoms with E-state index in [2.05, 4.69) is 10.2 Å². The van der Waals surface area contributed by atoms with Crippen molar-refractivity contribution >= 4 is 17.7 Å². The lowest BCUT2D eigenvalue weighted by Crippen LogP contribution is -2.46. The van der Waals surface area contributed by atoms with Crippen molar-refractivity contribution in [1.29, 1.82) is 0 Å².